The van der Waals surface area contributed by atoms with Crippen molar-refractivity contribution in [3.05, 3.63) is 83.8 Å². The van der Waals surface area contributed by atoms with Crippen molar-refractivity contribution in [3.63, 3.8) is 0 Å². The lowest BCUT2D eigenvalue weighted by Crippen LogP contribution is -2.16. The highest BCUT2D eigenvalue weighted by Gasteiger charge is 2.07. The summed E-state index contributed by atoms with van der Waals surface area (Å²) in [6.07, 6.45) is 2.95. The number of hydrogen-bond donors (Lipinski definition) is 1. The molecule has 1 amide bonds. The quantitative estimate of drug-likeness (QED) is 0.522. The number of amides is 1. The van der Waals surface area contributed by atoms with Crippen LogP contribution in [0.4, 0.5) is 0 Å². The van der Waals surface area contributed by atoms with Gasteiger partial charge in [-0.2, -0.15) is 5.10 Å². The van der Waals surface area contributed by atoms with E-state index in [1.807, 2.05) is 36.4 Å². The van der Waals surface area contributed by atoms with Crippen LogP contribution in [0.15, 0.2) is 76.4 Å². The second-order valence-corrected chi connectivity index (χ2v) is 5.36. The van der Waals surface area contributed by atoms with Gasteiger partial charge < -0.3 is 13.9 Å². The van der Waals surface area contributed by atoms with Gasteiger partial charge in [0.05, 0.1) is 19.6 Å². The predicted octanol–water partition coefficient (Wildman–Crippen LogP) is 3.63. The van der Waals surface area contributed by atoms with Crippen molar-refractivity contribution in [2.45, 2.75) is 6.61 Å². The molecule has 0 fully saturated rings. The average Bonchev–Trinajstić information content (AvgIpc) is 3.22. The Hall–Kier alpha value is -3.54. The van der Waals surface area contributed by atoms with Crippen molar-refractivity contribution in [3.8, 4) is 11.5 Å². The molecule has 6 heteroatoms. The summed E-state index contributed by atoms with van der Waals surface area (Å²) in [6, 6.07) is 18.5. The van der Waals surface area contributed by atoms with Crippen LogP contribution in [0.3, 0.4) is 0 Å². The molecule has 132 valence electrons. The summed E-state index contributed by atoms with van der Waals surface area (Å²) in [5.41, 5.74) is 4.23. The first kappa shape index (κ1) is 17.3. The molecule has 0 saturated heterocycles. The molecule has 1 aromatic heterocycles. The Morgan fingerprint density at radius 2 is 1.96 bits per heavy atom. The van der Waals surface area contributed by atoms with Crippen LogP contribution in [0.1, 0.15) is 21.7 Å². The molecule has 0 aliphatic heterocycles. The minimum atomic E-state index is -0.416. The van der Waals surface area contributed by atoms with E-state index in [0.29, 0.717) is 18.1 Å². The highest BCUT2D eigenvalue weighted by molar-refractivity contribution is 5.92. The zero-order chi connectivity index (χ0) is 18.2. The summed E-state index contributed by atoms with van der Waals surface area (Å²) >= 11 is 0. The number of furan rings is 1. The Balaban J connectivity index is 1.62. The molecular formula is C20H18N2O4. The third kappa shape index (κ3) is 4.51. The van der Waals surface area contributed by atoms with E-state index in [1.165, 1.54) is 12.5 Å². The molecule has 0 saturated carbocycles. The van der Waals surface area contributed by atoms with Crippen molar-refractivity contribution < 1.29 is 18.7 Å². The number of nitrogens with zero attached hydrogens (tertiary/aromatic N) is 1. The van der Waals surface area contributed by atoms with Gasteiger partial charge in [-0.1, -0.05) is 30.3 Å². The first-order valence-electron chi connectivity index (χ1n) is 7.98. The van der Waals surface area contributed by atoms with Gasteiger partial charge in [0.25, 0.3) is 0 Å². The van der Waals surface area contributed by atoms with Gasteiger partial charge in [0.2, 0.25) is 0 Å². The van der Waals surface area contributed by atoms with Crippen molar-refractivity contribution in [2.75, 3.05) is 7.11 Å². The Morgan fingerprint density at radius 3 is 2.69 bits per heavy atom. The number of nitrogens with one attached hydrogen (secondary N) is 1. The van der Waals surface area contributed by atoms with Crippen LogP contribution in [0.5, 0.6) is 11.5 Å². The van der Waals surface area contributed by atoms with Gasteiger partial charge in [0.15, 0.2) is 17.3 Å². The molecule has 1 N–H and O–H groups in total. The molecule has 0 aliphatic rings. The summed E-state index contributed by atoms with van der Waals surface area (Å²) < 4.78 is 16.2. The normalized spacial score (nSPS) is 10.7. The molecule has 3 rings (SSSR count). The molecule has 1 heterocycles. The summed E-state index contributed by atoms with van der Waals surface area (Å²) in [6.45, 7) is 0.448. The second kappa shape index (κ2) is 8.53. The van der Waals surface area contributed by atoms with Gasteiger partial charge in [-0.25, -0.2) is 5.43 Å². The van der Waals surface area contributed by atoms with Gasteiger partial charge in [0.1, 0.15) is 6.61 Å². The zero-order valence-corrected chi connectivity index (χ0v) is 14.2. The molecule has 3 aromatic rings. The van der Waals surface area contributed by atoms with E-state index in [4.69, 9.17) is 13.9 Å². The smallest absolute Gasteiger partial charge is 0.307 e. The highest BCUT2D eigenvalue weighted by Crippen LogP contribution is 2.28. The standard InChI is InChI=1S/C20H18N2O4/c1-24-19-12-16(13-21-22-20(23)18-8-5-11-25-18)9-10-17(19)26-14-15-6-3-2-4-7-15/h2-13H,14H2,1H3,(H,22,23)/b21-13-. The van der Waals surface area contributed by atoms with Crippen LogP contribution in [0, 0.1) is 0 Å². The monoisotopic (exact) mass is 350 g/mol. The molecular weight excluding hydrogens is 332 g/mol. The number of hydrogen-bond acceptors (Lipinski definition) is 5. The summed E-state index contributed by atoms with van der Waals surface area (Å²) in [4.78, 5) is 11.7. The van der Waals surface area contributed by atoms with Crippen molar-refractivity contribution in [2.24, 2.45) is 5.10 Å². The fourth-order valence-corrected chi connectivity index (χ4v) is 2.25. The molecule has 26 heavy (non-hydrogen) atoms. The van der Waals surface area contributed by atoms with Gasteiger partial charge in [-0.3, -0.25) is 4.79 Å². The van der Waals surface area contributed by atoms with E-state index < -0.39 is 5.91 Å². The number of methoxy groups -OCH3 is 1. The topological polar surface area (TPSA) is 73.1 Å². The van der Waals surface area contributed by atoms with E-state index in [9.17, 15) is 4.79 Å². The van der Waals surface area contributed by atoms with Crippen LogP contribution < -0.4 is 14.9 Å². The Bertz CT molecular complexity index is 874. The minimum absolute atomic E-state index is 0.199. The van der Waals surface area contributed by atoms with Crippen molar-refractivity contribution in [1.82, 2.24) is 5.43 Å². The number of rotatable bonds is 7. The van der Waals surface area contributed by atoms with Crippen LogP contribution in [-0.2, 0) is 6.61 Å². The Labute approximate surface area is 151 Å². The van der Waals surface area contributed by atoms with E-state index in [-0.39, 0.29) is 5.76 Å². The second-order valence-electron chi connectivity index (χ2n) is 5.36. The minimum Gasteiger partial charge on any atom is -0.493 e. The number of carbonyl (C=O) groups excluding carboxylic acids is 1. The highest BCUT2D eigenvalue weighted by atomic mass is 16.5. The lowest BCUT2D eigenvalue weighted by molar-refractivity contribution is 0.0927. The number of ether oxygens (including phenoxy) is 2. The summed E-state index contributed by atoms with van der Waals surface area (Å²) in [5.74, 6) is 1.00. The van der Waals surface area contributed by atoms with Gasteiger partial charge in [0, 0.05) is 0 Å². The van der Waals surface area contributed by atoms with Crippen LogP contribution in [0.25, 0.3) is 0 Å². The van der Waals surface area contributed by atoms with Crippen LogP contribution >= 0.6 is 0 Å². The molecule has 0 radical (unpaired) electrons. The number of carbonyl (C=O) groups is 1. The van der Waals surface area contributed by atoms with Crippen molar-refractivity contribution >= 4 is 12.1 Å². The van der Waals surface area contributed by atoms with Crippen LogP contribution in [-0.4, -0.2) is 19.2 Å². The predicted molar refractivity (Wildman–Crippen MR) is 97.5 cm³/mol. The maximum atomic E-state index is 11.7. The first-order valence-corrected chi connectivity index (χ1v) is 7.98. The average molecular weight is 350 g/mol. The third-order valence-corrected chi connectivity index (χ3v) is 3.55. The third-order valence-electron chi connectivity index (χ3n) is 3.55. The maximum absolute atomic E-state index is 11.7. The van der Waals surface area contributed by atoms with Crippen LogP contribution in [0.2, 0.25) is 0 Å². The molecule has 0 atom stereocenters. The SMILES string of the molecule is COc1cc(/C=N\NC(=O)c2ccco2)ccc1OCc1ccccc1. The Kier molecular flexibility index (Phi) is 5.67. The van der Waals surface area contributed by atoms with Gasteiger partial charge >= 0.3 is 5.91 Å². The first-order chi connectivity index (χ1) is 12.8. The largest absolute Gasteiger partial charge is 0.493 e. The van der Waals surface area contributed by atoms with E-state index in [2.05, 4.69) is 10.5 Å². The number of benzene rings is 2. The zero-order valence-electron chi connectivity index (χ0n) is 14.2. The van der Waals surface area contributed by atoms with Gasteiger partial charge in [-0.15, -0.1) is 0 Å². The van der Waals surface area contributed by atoms with E-state index in [1.54, 1.807) is 31.4 Å². The Morgan fingerprint density at radius 1 is 1.12 bits per heavy atom. The fraction of sp³-hybridized carbons (Fsp3) is 0.100. The molecule has 6 nitrogen and oxygen atoms in total. The molecule has 0 spiro atoms. The summed E-state index contributed by atoms with van der Waals surface area (Å²) in [5, 5.41) is 3.92. The molecule has 0 unspecified atom stereocenters. The summed E-state index contributed by atoms with van der Waals surface area (Å²) in [7, 11) is 1.57. The lowest BCUT2D eigenvalue weighted by Gasteiger charge is -2.11. The number of hydrazone groups is 1. The van der Waals surface area contributed by atoms with E-state index >= 15 is 0 Å². The van der Waals surface area contributed by atoms with Gasteiger partial charge in [-0.05, 0) is 41.5 Å². The fourth-order valence-electron chi connectivity index (χ4n) is 2.25. The molecule has 0 aliphatic carbocycles. The maximum Gasteiger partial charge on any atom is 0.307 e. The molecule has 2 aromatic carbocycles. The lowest BCUT2D eigenvalue weighted by atomic mass is 10.2. The van der Waals surface area contributed by atoms with E-state index in [0.717, 1.165) is 11.1 Å². The van der Waals surface area contributed by atoms with Crippen molar-refractivity contribution in [1.29, 1.82) is 0 Å². The molecule has 0 bridgehead atoms.